The van der Waals surface area contributed by atoms with Gasteiger partial charge in [0.1, 0.15) is 6.04 Å². The molecule has 2 aromatic rings. The summed E-state index contributed by atoms with van der Waals surface area (Å²) in [5, 5.41) is 0. The molecule has 0 N–H and O–H groups in total. The number of likely N-dealkylation sites (tertiary alicyclic amines) is 1. The van der Waals surface area contributed by atoms with Gasteiger partial charge in [-0.1, -0.05) is 42.5 Å². The third kappa shape index (κ3) is 3.48. The number of anilines is 1. The predicted molar refractivity (Wildman–Crippen MR) is 97.5 cm³/mol. The third-order valence-corrected chi connectivity index (χ3v) is 5.07. The summed E-state index contributed by atoms with van der Waals surface area (Å²) in [6, 6.07) is 17.7. The number of amides is 1. The van der Waals surface area contributed by atoms with E-state index in [9.17, 15) is 4.79 Å². The quantitative estimate of drug-likeness (QED) is 0.800. The Hall–Kier alpha value is -1.65. The van der Waals surface area contributed by atoms with E-state index in [1.54, 1.807) is 4.90 Å². The Kier molecular flexibility index (Phi) is 5.13. The van der Waals surface area contributed by atoms with E-state index in [2.05, 4.69) is 33.0 Å². The number of carbonyl (C=O) groups excluding carboxylic acids is 1. The maximum Gasteiger partial charge on any atom is 0.248 e. The van der Waals surface area contributed by atoms with Crippen molar-refractivity contribution in [2.45, 2.75) is 18.9 Å². The van der Waals surface area contributed by atoms with Crippen LogP contribution in [-0.2, 0) is 4.79 Å². The molecular formula is C19H21BrN2O. The van der Waals surface area contributed by atoms with E-state index in [0.717, 1.165) is 41.7 Å². The number of carbonyl (C=O) groups is 1. The van der Waals surface area contributed by atoms with Gasteiger partial charge in [-0.2, -0.15) is 0 Å². The molecule has 1 aliphatic rings. The van der Waals surface area contributed by atoms with Crippen LogP contribution >= 0.6 is 15.9 Å². The summed E-state index contributed by atoms with van der Waals surface area (Å²) in [5.74, 6) is 0.116. The molecule has 1 saturated heterocycles. The zero-order valence-corrected chi connectivity index (χ0v) is 14.9. The number of hydrogen-bond donors (Lipinski definition) is 0. The molecule has 4 heteroatoms. The first-order chi connectivity index (χ1) is 11.2. The normalized spacial score (nSPS) is 16.3. The molecule has 0 bridgehead atoms. The number of nitrogens with zero attached hydrogens (tertiary/aromatic N) is 2. The van der Waals surface area contributed by atoms with Crippen molar-refractivity contribution >= 4 is 27.5 Å². The van der Waals surface area contributed by atoms with Crippen molar-refractivity contribution in [3.8, 4) is 0 Å². The molecular weight excluding hydrogens is 352 g/mol. The van der Waals surface area contributed by atoms with Crippen LogP contribution in [0.25, 0.3) is 0 Å². The summed E-state index contributed by atoms with van der Waals surface area (Å²) >= 11 is 3.55. The highest BCUT2D eigenvalue weighted by Crippen LogP contribution is 2.31. The molecule has 0 saturated carbocycles. The van der Waals surface area contributed by atoms with E-state index in [1.165, 1.54) is 0 Å². The van der Waals surface area contributed by atoms with Gasteiger partial charge in [-0.15, -0.1) is 0 Å². The van der Waals surface area contributed by atoms with Gasteiger partial charge in [0, 0.05) is 11.5 Å². The van der Waals surface area contributed by atoms with E-state index in [1.807, 2.05) is 49.5 Å². The molecule has 0 aliphatic carbocycles. The average Bonchev–Trinajstić information content (AvgIpc) is 3.10. The molecule has 1 heterocycles. The SMILES string of the molecule is CN(C(=O)C(c1ccccc1)N1CCCC1)c1ccccc1Br. The molecule has 1 unspecified atom stereocenters. The van der Waals surface area contributed by atoms with Gasteiger partial charge in [-0.25, -0.2) is 0 Å². The molecule has 3 nitrogen and oxygen atoms in total. The van der Waals surface area contributed by atoms with Gasteiger partial charge in [0.2, 0.25) is 5.91 Å². The maximum atomic E-state index is 13.2. The minimum atomic E-state index is -0.212. The lowest BCUT2D eigenvalue weighted by Crippen LogP contribution is -2.40. The van der Waals surface area contributed by atoms with Crippen LogP contribution in [0.2, 0.25) is 0 Å². The van der Waals surface area contributed by atoms with Crippen molar-refractivity contribution in [2.75, 3.05) is 25.0 Å². The maximum absolute atomic E-state index is 13.2. The van der Waals surface area contributed by atoms with Gasteiger partial charge >= 0.3 is 0 Å². The summed E-state index contributed by atoms with van der Waals surface area (Å²) in [6.45, 7) is 1.96. The van der Waals surface area contributed by atoms with Crippen LogP contribution in [0.5, 0.6) is 0 Å². The molecule has 1 amide bonds. The lowest BCUT2D eigenvalue weighted by Gasteiger charge is -2.31. The van der Waals surface area contributed by atoms with E-state index >= 15 is 0 Å². The summed E-state index contributed by atoms with van der Waals surface area (Å²) in [4.78, 5) is 17.3. The highest BCUT2D eigenvalue weighted by Gasteiger charge is 2.32. The average molecular weight is 373 g/mol. The number of benzene rings is 2. The Bertz CT molecular complexity index is 668. The minimum Gasteiger partial charge on any atom is -0.313 e. The molecule has 23 heavy (non-hydrogen) atoms. The van der Waals surface area contributed by atoms with Crippen LogP contribution < -0.4 is 4.90 Å². The predicted octanol–water partition coefficient (Wildman–Crippen LogP) is 4.25. The third-order valence-electron chi connectivity index (χ3n) is 4.40. The largest absolute Gasteiger partial charge is 0.313 e. The monoisotopic (exact) mass is 372 g/mol. The molecule has 1 atom stereocenters. The summed E-state index contributed by atoms with van der Waals surface area (Å²) in [7, 11) is 1.86. The van der Waals surface area contributed by atoms with Crippen molar-refractivity contribution in [2.24, 2.45) is 0 Å². The smallest absolute Gasteiger partial charge is 0.248 e. The molecule has 1 fully saturated rings. The van der Waals surface area contributed by atoms with Gasteiger partial charge in [0.05, 0.1) is 5.69 Å². The number of rotatable bonds is 4. The first kappa shape index (κ1) is 16.2. The topological polar surface area (TPSA) is 23.6 Å². The van der Waals surface area contributed by atoms with E-state index in [-0.39, 0.29) is 11.9 Å². The van der Waals surface area contributed by atoms with Crippen molar-refractivity contribution in [1.29, 1.82) is 0 Å². The summed E-state index contributed by atoms with van der Waals surface area (Å²) in [6.07, 6.45) is 2.32. The van der Waals surface area contributed by atoms with E-state index in [0.29, 0.717) is 0 Å². The van der Waals surface area contributed by atoms with Crippen LogP contribution in [0.3, 0.4) is 0 Å². The lowest BCUT2D eigenvalue weighted by atomic mass is 10.0. The van der Waals surface area contributed by atoms with Crippen LogP contribution in [0.15, 0.2) is 59.1 Å². The van der Waals surface area contributed by atoms with Gasteiger partial charge in [0.15, 0.2) is 0 Å². The first-order valence-electron chi connectivity index (χ1n) is 7.99. The second kappa shape index (κ2) is 7.28. The number of para-hydroxylation sites is 1. The second-order valence-electron chi connectivity index (χ2n) is 5.90. The van der Waals surface area contributed by atoms with Crippen molar-refractivity contribution < 1.29 is 4.79 Å². The van der Waals surface area contributed by atoms with Crippen molar-refractivity contribution in [3.63, 3.8) is 0 Å². The Balaban J connectivity index is 1.93. The van der Waals surface area contributed by atoms with Crippen LogP contribution in [0.1, 0.15) is 24.4 Å². The molecule has 1 aliphatic heterocycles. The standard InChI is InChI=1S/C19H21BrN2O/c1-21(17-12-6-5-11-16(17)20)19(23)18(22-13-7-8-14-22)15-9-3-2-4-10-15/h2-6,9-12,18H,7-8,13-14H2,1H3. The van der Waals surface area contributed by atoms with Crippen LogP contribution in [0.4, 0.5) is 5.69 Å². The molecule has 120 valence electrons. The fourth-order valence-corrected chi connectivity index (χ4v) is 3.72. The van der Waals surface area contributed by atoms with E-state index in [4.69, 9.17) is 0 Å². The Labute approximate surface area is 146 Å². The number of halogens is 1. The zero-order chi connectivity index (χ0) is 16.2. The fourth-order valence-electron chi connectivity index (χ4n) is 3.17. The molecule has 3 rings (SSSR count). The van der Waals surface area contributed by atoms with Crippen molar-refractivity contribution in [1.82, 2.24) is 4.90 Å². The van der Waals surface area contributed by atoms with E-state index < -0.39 is 0 Å². The Morgan fingerprint density at radius 3 is 2.30 bits per heavy atom. The Morgan fingerprint density at radius 2 is 1.65 bits per heavy atom. The van der Waals surface area contributed by atoms with Crippen LogP contribution in [0, 0.1) is 0 Å². The van der Waals surface area contributed by atoms with Crippen molar-refractivity contribution in [3.05, 3.63) is 64.6 Å². The highest BCUT2D eigenvalue weighted by molar-refractivity contribution is 9.10. The Morgan fingerprint density at radius 1 is 1.04 bits per heavy atom. The minimum absolute atomic E-state index is 0.116. The van der Waals surface area contributed by atoms with Gasteiger partial charge < -0.3 is 4.90 Å². The molecule has 0 spiro atoms. The fraction of sp³-hybridized carbons (Fsp3) is 0.316. The number of likely N-dealkylation sites (N-methyl/N-ethyl adjacent to an activating group) is 1. The summed E-state index contributed by atoms with van der Waals surface area (Å²) in [5.41, 5.74) is 1.97. The summed E-state index contributed by atoms with van der Waals surface area (Å²) < 4.78 is 0.934. The van der Waals surface area contributed by atoms with Gasteiger partial charge in [-0.05, 0) is 59.6 Å². The van der Waals surface area contributed by atoms with Crippen LogP contribution in [-0.4, -0.2) is 30.9 Å². The first-order valence-corrected chi connectivity index (χ1v) is 8.79. The molecule has 2 aromatic carbocycles. The lowest BCUT2D eigenvalue weighted by molar-refractivity contribution is -0.123. The highest BCUT2D eigenvalue weighted by atomic mass is 79.9. The van der Waals surface area contributed by atoms with Gasteiger partial charge in [-0.3, -0.25) is 9.69 Å². The van der Waals surface area contributed by atoms with Gasteiger partial charge in [0.25, 0.3) is 0 Å². The second-order valence-corrected chi connectivity index (χ2v) is 6.76. The zero-order valence-electron chi connectivity index (χ0n) is 13.3. The number of hydrogen-bond acceptors (Lipinski definition) is 2. The molecule has 0 aromatic heterocycles. The molecule has 0 radical (unpaired) electrons.